The van der Waals surface area contributed by atoms with Crippen LogP contribution in [0.1, 0.15) is 17.3 Å². The van der Waals surface area contributed by atoms with Gasteiger partial charge in [-0.25, -0.2) is 4.98 Å². The molecule has 0 aliphatic carbocycles. The molecule has 5 nitrogen and oxygen atoms in total. The van der Waals surface area contributed by atoms with Crippen LogP contribution in [0.5, 0.6) is 5.75 Å². The van der Waals surface area contributed by atoms with E-state index in [1.807, 2.05) is 28.8 Å². The van der Waals surface area contributed by atoms with Crippen molar-refractivity contribution in [2.24, 2.45) is 5.73 Å². The number of imidazole rings is 1. The second-order valence-corrected chi connectivity index (χ2v) is 4.40. The predicted octanol–water partition coefficient (Wildman–Crippen LogP) is 1.13. The highest BCUT2D eigenvalue weighted by Crippen LogP contribution is 2.14. The SMILES string of the molecule is COc1ccc(CCn2cncc2C(N)CO)cc1. The Morgan fingerprint density at radius 1 is 1.37 bits per heavy atom. The van der Waals surface area contributed by atoms with Crippen molar-refractivity contribution < 1.29 is 9.84 Å². The lowest BCUT2D eigenvalue weighted by molar-refractivity contribution is 0.263. The predicted molar refractivity (Wildman–Crippen MR) is 72.9 cm³/mol. The van der Waals surface area contributed by atoms with E-state index in [0.717, 1.165) is 24.4 Å². The molecular weight excluding hydrogens is 242 g/mol. The number of aliphatic hydroxyl groups is 1. The van der Waals surface area contributed by atoms with E-state index in [1.54, 1.807) is 19.6 Å². The lowest BCUT2D eigenvalue weighted by Crippen LogP contribution is -2.19. The molecule has 0 fully saturated rings. The molecule has 5 heteroatoms. The van der Waals surface area contributed by atoms with E-state index in [0.29, 0.717) is 0 Å². The number of rotatable bonds is 6. The summed E-state index contributed by atoms with van der Waals surface area (Å²) < 4.78 is 7.10. The zero-order chi connectivity index (χ0) is 13.7. The Bertz CT molecular complexity index is 508. The molecule has 1 heterocycles. The van der Waals surface area contributed by atoms with Crippen LogP contribution in [0.15, 0.2) is 36.8 Å². The van der Waals surface area contributed by atoms with Gasteiger partial charge in [0.1, 0.15) is 5.75 Å². The smallest absolute Gasteiger partial charge is 0.118 e. The molecule has 0 aliphatic heterocycles. The molecule has 0 bridgehead atoms. The number of benzene rings is 1. The van der Waals surface area contributed by atoms with Crippen molar-refractivity contribution in [1.29, 1.82) is 0 Å². The molecule has 0 spiro atoms. The molecule has 2 aromatic rings. The first-order valence-corrected chi connectivity index (χ1v) is 6.24. The van der Waals surface area contributed by atoms with Gasteiger partial charge < -0.3 is 20.1 Å². The highest BCUT2D eigenvalue weighted by Gasteiger charge is 2.10. The number of nitrogens with zero attached hydrogens (tertiary/aromatic N) is 2. The minimum absolute atomic E-state index is 0.0752. The van der Waals surface area contributed by atoms with Gasteiger partial charge in [-0.3, -0.25) is 0 Å². The third-order valence-corrected chi connectivity index (χ3v) is 3.12. The fourth-order valence-electron chi connectivity index (χ4n) is 1.96. The fraction of sp³-hybridized carbons (Fsp3) is 0.357. The third kappa shape index (κ3) is 3.33. The maximum atomic E-state index is 9.09. The average molecular weight is 261 g/mol. The Kier molecular flexibility index (Phi) is 4.54. The van der Waals surface area contributed by atoms with Gasteiger partial charge in [0, 0.05) is 12.7 Å². The summed E-state index contributed by atoms with van der Waals surface area (Å²) in [6.45, 7) is 0.712. The van der Waals surface area contributed by atoms with Crippen molar-refractivity contribution in [1.82, 2.24) is 9.55 Å². The molecule has 0 saturated heterocycles. The molecule has 3 N–H and O–H groups in total. The Morgan fingerprint density at radius 3 is 2.74 bits per heavy atom. The molecule has 0 radical (unpaired) electrons. The van der Waals surface area contributed by atoms with Gasteiger partial charge in [0.2, 0.25) is 0 Å². The van der Waals surface area contributed by atoms with Gasteiger partial charge >= 0.3 is 0 Å². The van der Waals surface area contributed by atoms with Crippen LogP contribution in [0.25, 0.3) is 0 Å². The number of ether oxygens (including phenoxy) is 1. The molecule has 1 aromatic heterocycles. The monoisotopic (exact) mass is 261 g/mol. The summed E-state index contributed by atoms with van der Waals surface area (Å²) in [6, 6.07) is 7.61. The van der Waals surface area contributed by atoms with Crippen molar-refractivity contribution in [2.75, 3.05) is 13.7 Å². The van der Waals surface area contributed by atoms with Gasteiger partial charge in [0.05, 0.1) is 31.8 Å². The van der Waals surface area contributed by atoms with Crippen LogP contribution in [0.4, 0.5) is 0 Å². The summed E-state index contributed by atoms with van der Waals surface area (Å²) >= 11 is 0. The zero-order valence-corrected chi connectivity index (χ0v) is 11.0. The minimum Gasteiger partial charge on any atom is -0.497 e. The van der Waals surface area contributed by atoms with Crippen LogP contribution < -0.4 is 10.5 Å². The van der Waals surface area contributed by atoms with Crippen LogP contribution in [-0.4, -0.2) is 28.4 Å². The number of aryl methyl sites for hydroxylation is 2. The van der Waals surface area contributed by atoms with Crippen molar-refractivity contribution in [3.8, 4) is 5.75 Å². The van der Waals surface area contributed by atoms with Crippen molar-refractivity contribution in [2.45, 2.75) is 19.0 Å². The first-order chi connectivity index (χ1) is 9.24. The summed E-state index contributed by atoms with van der Waals surface area (Å²) in [5, 5.41) is 9.09. The van der Waals surface area contributed by atoms with Crippen LogP contribution >= 0.6 is 0 Å². The van der Waals surface area contributed by atoms with E-state index in [-0.39, 0.29) is 12.6 Å². The molecule has 1 atom stereocenters. The van der Waals surface area contributed by atoms with Gasteiger partial charge in [-0.2, -0.15) is 0 Å². The highest BCUT2D eigenvalue weighted by atomic mass is 16.5. The van der Waals surface area contributed by atoms with Crippen LogP contribution in [0, 0.1) is 0 Å². The Labute approximate surface area is 112 Å². The Morgan fingerprint density at radius 2 is 2.11 bits per heavy atom. The maximum Gasteiger partial charge on any atom is 0.118 e. The van der Waals surface area contributed by atoms with E-state index in [9.17, 15) is 0 Å². The summed E-state index contributed by atoms with van der Waals surface area (Å²) in [5.74, 6) is 0.856. The molecule has 102 valence electrons. The lowest BCUT2D eigenvalue weighted by atomic mass is 10.1. The molecule has 0 amide bonds. The van der Waals surface area contributed by atoms with E-state index >= 15 is 0 Å². The number of hydrogen-bond acceptors (Lipinski definition) is 4. The highest BCUT2D eigenvalue weighted by molar-refractivity contribution is 5.27. The number of hydrogen-bond donors (Lipinski definition) is 2. The number of aliphatic hydroxyl groups excluding tert-OH is 1. The molecule has 2 rings (SSSR count). The first-order valence-electron chi connectivity index (χ1n) is 6.24. The zero-order valence-electron chi connectivity index (χ0n) is 11.0. The fourth-order valence-corrected chi connectivity index (χ4v) is 1.96. The van der Waals surface area contributed by atoms with Gasteiger partial charge in [0.15, 0.2) is 0 Å². The van der Waals surface area contributed by atoms with Crippen molar-refractivity contribution in [3.05, 3.63) is 48.0 Å². The molecule has 0 aliphatic rings. The number of aromatic nitrogens is 2. The summed E-state index contributed by atoms with van der Waals surface area (Å²) in [7, 11) is 1.66. The maximum absolute atomic E-state index is 9.09. The second-order valence-electron chi connectivity index (χ2n) is 4.40. The molecule has 1 unspecified atom stereocenters. The average Bonchev–Trinajstić information content (AvgIpc) is 2.93. The quantitative estimate of drug-likeness (QED) is 0.817. The van der Waals surface area contributed by atoms with Gasteiger partial charge in [-0.05, 0) is 24.1 Å². The van der Waals surface area contributed by atoms with E-state index in [1.165, 1.54) is 5.56 Å². The molecular formula is C14H19N3O2. The first kappa shape index (κ1) is 13.6. The van der Waals surface area contributed by atoms with Crippen LogP contribution in [0.2, 0.25) is 0 Å². The second kappa shape index (κ2) is 6.36. The van der Waals surface area contributed by atoms with Crippen LogP contribution in [-0.2, 0) is 13.0 Å². The Hall–Kier alpha value is -1.85. The third-order valence-electron chi connectivity index (χ3n) is 3.12. The van der Waals surface area contributed by atoms with E-state index in [4.69, 9.17) is 15.6 Å². The van der Waals surface area contributed by atoms with Gasteiger partial charge in [0.25, 0.3) is 0 Å². The number of methoxy groups -OCH3 is 1. The molecule has 1 aromatic carbocycles. The van der Waals surface area contributed by atoms with Gasteiger partial charge in [-0.15, -0.1) is 0 Å². The summed E-state index contributed by atoms with van der Waals surface area (Å²) in [4.78, 5) is 4.08. The number of nitrogens with two attached hydrogens (primary N) is 1. The lowest BCUT2D eigenvalue weighted by Gasteiger charge is -2.12. The topological polar surface area (TPSA) is 73.3 Å². The van der Waals surface area contributed by atoms with Crippen molar-refractivity contribution >= 4 is 0 Å². The standard InChI is InChI=1S/C14H19N3O2/c1-19-12-4-2-11(3-5-12)6-7-17-10-16-8-14(17)13(15)9-18/h2-5,8,10,13,18H,6-7,9,15H2,1H3. The van der Waals surface area contributed by atoms with Crippen molar-refractivity contribution in [3.63, 3.8) is 0 Å². The summed E-state index contributed by atoms with van der Waals surface area (Å²) in [6.07, 6.45) is 4.33. The summed E-state index contributed by atoms with van der Waals surface area (Å²) in [5.41, 5.74) is 7.90. The molecule has 19 heavy (non-hydrogen) atoms. The minimum atomic E-state index is -0.377. The van der Waals surface area contributed by atoms with Gasteiger partial charge in [-0.1, -0.05) is 12.1 Å². The van der Waals surface area contributed by atoms with E-state index in [2.05, 4.69) is 4.98 Å². The normalized spacial score (nSPS) is 12.4. The van der Waals surface area contributed by atoms with E-state index < -0.39 is 0 Å². The molecule has 0 saturated carbocycles. The largest absolute Gasteiger partial charge is 0.497 e. The van der Waals surface area contributed by atoms with Crippen LogP contribution in [0.3, 0.4) is 0 Å². The Balaban J connectivity index is 2.00.